The Morgan fingerprint density at radius 1 is 1.13 bits per heavy atom. The molecule has 1 aromatic carbocycles. The summed E-state index contributed by atoms with van der Waals surface area (Å²) in [6.45, 7) is 11.1. The largest absolute Gasteiger partial charge is 0.381 e. The number of benzene rings is 1. The van der Waals surface area contributed by atoms with Crippen LogP contribution in [0.5, 0.6) is 0 Å². The number of hydrogen-bond donors (Lipinski definition) is 1. The van der Waals surface area contributed by atoms with Crippen LogP contribution in [0.15, 0.2) is 29.3 Å². The van der Waals surface area contributed by atoms with Crippen LogP contribution in [-0.2, 0) is 9.47 Å². The second-order valence-corrected chi connectivity index (χ2v) is 8.82. The van der Waals surface area contributed by atoms with Gasteiger partial charge in [-0.25, -0.2) is 0 Å². The van der Waals surface area contributed by atoms with Crippen LogP contribution in [0.25, 0.3) is 0 Å². The molecule has 2 unspecified atom stereocenters. The maximum Gasteiger partial charge on any atom is 0.194 e. The van der Waals surface area contributed by atoms with Crippen molar-refractivity contribution in [1.29, 1.82) is 0 Å². The molecule has 30 heavy (non-hydrogen) atoms. The van der Waals surface area contributed by atoms with Gasteiger partial charge in [0.05, 0.1) is 32.4 Å². The van der Waals surface area contributed by atoms with Crippen molar-refractivity contribution in [3.8, 4) is 0 Å². The summed E-state index contributed by atoms with van der Waals surface area (Å²) in [5, 5.41) is 4.29. The van der Waals surface area contributed by atoms with Gasteiger partial charge in [-0.2, -0.15) is 0 Å². The number of rotatable bonds is 5. The molecule has 4 rings (SSSR count). The van der Waals surface area contributed by atoms with Crippen LogP contribution in [0.1, 0.15) is 31.4 Å². The molecule has 3 aliphatic heterocycles. The van der Waals surface area contributed by atoms with Crippen LogP contribution in [0.2, 0.25) is 5.02 Å². The van der Waals surface area contributed by atoms with Gasteiger partial charge in [0, 0.05) is 49.8 Å². The summed E-state index contributed by atoms with van der Waals surface area (Å²) >= 11 is 6.13. The maximum atomic E-state index is 6.13. The van der Waals surface area contributed by atoms with Crippen molar-refractivity contribution in [2.24, 2.45) is 10.4 Å². The summed E-state index contributed by atoms with van der Waals surface area (Å²) in [5.41, 5.74) is 1.59. The topological polar surface area (TPSA) is 49.3 Å². The summed E-state index contributed by atoms with van der Waals surface area (Å²) in [5.74, 6) is 1.03. The molecule has 3 fully saturated rings. The SMILES string of the molecule is CCNC(=NCC(c1ccc(Cl)cc1)N1CCOCC1)N1CCC2(CCOC2)C1.I. The van der Waals surface area contributed by atoms with Crippen LogP contribution >= 0.6 is 35.6 Å². The number of aliphatic imine (C=N–C) groups is 1. The highest BCUT2D eigenvalue weighted by atomic mass is 127. The Labute approximate surface area is 202 Å². The van der Waals surface area contributed by atoms with Crippen molar-refractivity contribution < 1.29 is 9.47 Å². The lowest BCUT2D eigenvalue weighted by molar-refractivity contribution is 0.0179. The lowest BCUT2D eigenvalue weighted by Gasteiger charge is -2.34. The first-order valence-corrected chi connectivity index (χ1v) is 11.3. The van der Waals surface area contributed by atoms with E-state index in [0.29, 0.717) is 5.41 Å². The Hall–Kier alpha value is -0.610. The van der Waals surface area contributed by atoms with Crippen molar-refractivity contribution in [2.45, 2.75) is 25.8 Å². The molecule has 3 saturated heterocycles. The average molecular weight is 549 g/mol. The molecule has 0 amide bonds. The van der Waals surface area contributed by atoms with E-state index in [1.165, 1.54) is 18.4 Å². The van der Waals surface area contributed by atoms with Gasteiger partial charge < -0.3 is 19.7 Å². The van der Waals surface area contributed by atoms with E-state index >= 15 is 0 Å². The van der Waals surface area contributed by atoms with Gasteiger partial charge in [-0.1, -0.05) is 23.7 Å². The van der Waals surface area contributed by atoms with E-state index < -0.39 is 0 Å². The van der Waals surface area contributed by atoms with Gasteiger partial charge >= 0.3 is 0 Å². The minimum absolute atomic E-state index is 0. The number of halogens is 2. The van der Waals surface area contributed by atoms with Crippen LogP contribution in [-0.4, -0.2) is 81.5 Å². The third-order valence-corrected chi connectivity index (χ3v) is 6.66. The number of likely N-dealkylation sites (tertiary alicyclic amines) is 1. The van der Waals surface area contributed by atoms with Crippen molar-refractivity contribution in [3.63, 3.8) is 0 Å². The predicted octanol–water partition coefficient (Wildman–Crippen LogP) is 3.41. The van der Waals surface area contributed by atoms with Crippen LogP contribution in [0.4, 0.5) is 0 Å². The van der Waals surface area contributed by atoms with E-state index in [0.717, 1.165) is 76.7 Å². The van der Waals surface area contributed by atoms with Gasteiger partial charge in [0.25, 0.3) is 0 Å². The Bertz CT molecular complexity index is 691. The maximum absolute atomic E-state index is 6.13. The number of morpholine rings is 1. The Morgan fingerprint density at radius 2 is 1.90 bits per heavy atom. The molecule has 0 bridgehead atoms. The van der Waals surface area contributed by atoms with E-state index in [-0.39, 0.29) is 30.0 Å². The zero-order valence-electron chi connectivity index (χ0n) is 17.8. The summed E-state index contributed by atoms with van der Waals surface area (Å²) in [6.07, 6.45) is 2.37. The molecule has 3 aliphatic rings. The normalized spacial score (nSPS) is 26.1. The highest BCUT2D eigenvalue weighted by molar-refractivity contribution is 14.0. The summed E-state index contributed by atoms with van der Waals surface area (Å²) < 4.78 is 11.3. The fourth-order valence-corrected chi connectivity index (χ4v) is 4.82. The first-order valence-electron chi connectivity index (χ1n) is 10.9. The minimum Gasteiger partial charge on any atom is -0.381 e. The highest BCUT2D eigenvalue weighted by Crippen LogP contribution is 2.38. The summed E-state index contributed by atoms with van der Waals surface area (Å²) in [6, 6.07) is 8.45. The van der Waals surface area contributed by atoms with Crippen molar-refractivity contribution in [2.75, 3.05) is 65.7 Å². The zero-order valence-corrected chi connectivity index (χ0v) is 20.9. The Morgan fingerprint density at radius 3 is 2.57 bits per heavy atom. The highest BCUT2D eigenvalue weighted by Gasteiger charge is 2.42. The Balaban J connectivity index is 0.00000256. The number of ether oxygens (including phenoxy) is 2. The quantitative estimate of drug-likeness (QED) is 0.347. The molecular formula is C22H34ClIN4O2. The fourth-order valence-electron chi connectivity index (χ4n) is 4.69. The molecule has 6 nitrogen and oxygen atoms in total. The second-order valence-electron chi connectivity index (χ2n) is 8.38. The average Bonchev–Trinajstić information content (AvgIpc) is 3.39. The van der Waals surface area contributed by atoms with E-state index in [1.54, 1.807) is 0 Å². The lowest BCUT2D eigenvalue weighted by atomic mass is 9.87. The standard InChI is InChI=1S/C22H33ClN4O2.HI/c1-2-24-21(27-9-7-22(16-27)8-12-29-17-22)25-15-20(26-10-13-28-14-11-26)18-3-5-19(23)6-4-18;/h3-6,20H,2,7-17H2,1H3,(H,24,25);1H. The van der Waals surface area contributed by atoms with Gasteiger partial charge in [0.1, 0.15) is 0 Å². The molecule has 0 saturated carbocycles. The molecular weight excluding hydrogens is 515 g/mol. The van der Waals surface area contributed by atoms with Gasteiger partial charge in [-0.05, 0) is 37.5 Å². The van der Waals surface area contributed by atoms with Crippen LogP contribution in [0, 0.1) is 5.41 Å². The molecule has 0 aromatic heterocycles. The second kappa shape index (κ2) is 11.3. The van der Waals surface area contributed by atoms with Gasteiger partial charge in [-0.3, -0.25) is 9.89 Å². The van der Waals surface area contributed by atoms with Gasteiger partial charge in [-0.15, -0.1) is 24.0 Å². The zero-order chi connectivity index (χ0) is 20.1. The first kappa shape index (κ1) is 24.0. The molecule has 1 N–H and O–H groups in total. The molecule has 3 heterocycles. The third kappa shape index (κ3) is 5.79. The van der Waals surface area contributed by atoms with E-state index in [9.17, 15) is 0 Å². The van der Waals surface area contributed by atoms with E-state index in [4.69, 9.17) is 26.1 Å². The number of nitrogens with zero attached hydrogens (tertiary/aromatic N) is 3. The molecule has 0 aliphatic carbocycles. The molecule has 2 atom stereocenters. The van der Waals surface area contributed by atoms with Crippen molar-refractivity contribution in [1.82, 2.24) is 15.1 Å². The number of guanidine groups is 1. The summed E-state index contributed by atoms with van der Waals surface area (Å²) in [4.78, 5) is 10.0. The molecule has 8 heteroatoms. The third-order valence-electron chi connectivity index (χ3n) is 6.41. The molecule has 1 spiro atoms. The van der Waals surface area contributed by atoms with Gasteiger partial charge in [0.2, 0.25) is 0 Å². The minimum atomic E-state index is 0. The monoisotopic (exact) mass is 548 g/mol. The van der Waals surface area contributed by atoms with E-state index in [2.05, 4.69) is 34.2 Å². The van der Waals surface area contributed by atoms with Crippen LogP contribution < -0.4 is 5.32 Å². The van der Waals surface area contributed by atoms with Crippen molar-refractivity contribution >= 4 is 41.5 Å². The number of nitrogens with one attached hydrogen (secondary N) is 1. The lowest BCUT2D eigenvalue weighted by Crippen LogP contribution is -2.43. The number of hydrogen-bond acceptors (Lipinski definition) is 4. The van der Waals surface area contributed by atoms with E-state index in [1.807, 2.05) is 12.1 Å². The smallest absolute Gasteiger partial charge is 0.194 e. The first-order chi connectivity index (χ1) is 14.2. The molecule has 168 valence electrons. The van der Waals surface area contributed by atoms with Crippen LogP contribution in [0.3, 0.4) is 0 Å². The predicted molar refractivity (Wildman–Crippen MR) is 132 cm³/mol. The molecule has 1 aromatic rings. The summed E-state index contributed by atoms with van der Waals surface area (Å²) in [7, 11) is 0. The fraction of sp³-hybridized carbons (Fsp3) is 0.682. The Kier molecular flexibility index (Phi) is 9.07. The van der Waals surface area contributed by atoms with Crippen molar-refractivity contribution in [3.05, 3.63) is 34.9 Å². The van der Waals surface area contributed by atoms with Gasteiger partial charge in [0.15, 0.2) is 5.96 Å². The molecule has 0 radical (unpaired) electrons.